The Morgan fingerprint density at radius 3 is 2.71 bits per heavy atom. The summed E-state index contributed by atoms with van der Waals surface area (Å²) in [5.74, 6) is -1.53. The molecule has 0 amide bonds. The van der Waals surface area contributed by atoms with Gasteiger partial charge in [-0.25, -0.2) is 17.6 Å². The molecule has 1 aliphatic rings. The number of sulfonamides is 1. The molecule has 1 aromatic carbocycles. The number of carboxylic acid groups (broad SMARTS) is 1. The monoisotopic (exact) mass is 333 g/mol. The maximum atomic E-state index is 13.4. The van der Waals surface area contributed by atoms with E-state index in [0.717, 1.165) is 18.2 Å². The Bertz CT molecular complexity index is 662. The van der Waals surface area contributed by atoms with Crippen molar-refractivity contribution in [2.75, 3.05) is 12.3 Å². The summed E-state index contributed by atoms with van der Waals surface area (Å²) < 4.78 is 40.1. The largest absolute Gasteiger partial charge is 0.478 e. The van der Waals surface area contributed by atoms with Crippen LogP contribution in [0, 0.1) is 5.82 Å². The van der Waals surface area contributed by atoms with Crippen LogP contribution in [0.5, 0.6) is 0 Å². The number of carbonyl (C=O) groups is 1. The number of halogens is 1. The molecular formula is C13H16FNO4S2. The quantitative estimate of drug-likeness (QED) is 0.916. The van der Waals surface area contributed by atoms with E-state index in [0.29, 0.717) is 5.75 Å². The minimum atomic E-state index is -4.04. The van der Waals surface area contributed by atoms with Crippen LogP contribution in [0.4, 0.5) is 4.39 Å². The summed E-state index contributed by atoms with van der Waals surface area (Å²) in [5.41, 5.74) is -0.408. The van der Waals surface area contributed by atoms with Crippen molar-refractivity contribution >= 4 is 27.8 Å². The molecule has 1 aromatic rings. The normalized spacial score (nSPS) is 24.0. The second-order valence-electron chi connectivity index (χ2n) is 4.88. The van der Waals surface area contributed by atoms with Gasteiger partial charge in [-0.05, 0) is 25.1 Å². The molecule has 8 heteroatoms. The standard InChI is InChI=1S/C13H16FNO4S2/c1-8-9(2)20-6-5-15(8)21(18,19)12-7-10(14)3-4-11(12)13(16)17/h3-4,7-9H,5-6H2,1-2H3,(H,16,17). The van der Waals surface area contributed by atoms with Crippen molar-refractivity contribution in [2.45, 2.75) is 30.0 Å². The third-order valence-corrected chi connectivity index (χ3v) is 6.95. The smallest absolute Gasteiger partial charge is 0.337 e. The van der Waals surface area contributed by atoms with E-state index in [2.05, 4.69) is 0 Å². The molecule has 1 N–H and O–H groups in total. The van der Waals surface area contributed by atoms with Crippen LogP contribution >= 0.6 is 11.8 Å². The molecule has 2 unspecified atom stereocenters. The van der Waals surface area contributed by atoms with E-state index in [1.165, 1.54) is 4.31 Å². The zero-order valence-electron chi connectivity index (χ0n) is 11.6. The third-order valence-electron chi connectivity index (χ3n) is 3.59. The zero-order valence-corrected chi connectivity index (χ0v) is 13.2. The predicted octanol–water partition coefficient (Wildman–Crippen LogP) is 2.04. The lowest BCUT2D eigenvalue weighted by Gasteiger charge is -2.36. The molecule has 0 radical (unpaired) electrons. The molecule has 0 aliphatic carbocycles. The van der Waals surface area contributed by atoms with Gasteiger partial charge < -0.3 is 5.11 Å². The molecular weight excluding hydrogens is 317 g/mol. The van der Waals surface area contributed by atoms with Crippen LogP contribution in [0.1, 0.15) is 24.2 Å². The van der Waals surface area contributed by atoms with Crippen LogP contribution in [0.15, 0.2) is 23.1 Å². The molecule has 1 fully saturated rings. The summed E-state index contributed by atoms with van der Waals surface area (Å²) in [7, 11) is -4.04. The summed E-state index contributed by atoms with van der Waals surface area (Å²) in [4.78, 5) is 10.7. The molecule has 2 rings (SSSR count). The maximum Gasteiger partial charge on any atom is 0.337 e. The fraction of sp³-hybridized carbons (Fsp3) is 0.462. The number of hydrogen-bond acceptors (Lipinski definition) is 4. The van der Waals surface area contributed by atoms with Crippen molar-refractivity contribution in [3.05, 3.63) is 29.6 Å². The van der Waals surface area contributed by atoms with Crippen LogP contribution in [0.25, 0.3) is 0 Å². The summed E-state index contributed by atoms with van der Waals surface area (Å²) in [6.07, 6.45) is 0. The summed E-state index contributed by atoms with van der Waals surface area (Å²) in [5, 5.41) is 9.22. The number of nitrogens with zero attached hydrogens (tertiary/aromatic N) is 1. The van der Waals surface area contributed by atoms with Crippen LogP contribution < -0.4 is 0 Å². The average molecular weight is 333 g/mol. The Morgan fingerprint density at radius 2 is 2.10 bits per heavy atom. The van der Waals surface area contributed by atoms with Gasteiger partial charge in [0.1, 0.15) is 5.82 Å². The molecule has 5 nitrogen and oxygen atoms in total. The number of benzene rings is 1. The highest BCUT2D eigenvalue weighted by Gasteiger charge is 2.37. The lowest BCUT2D eigenvalue weighted by atomic mass is 10.2. The van der Waals surface area contributed by atoms with Gasteiger partial charge in [-0.2, -0.15) is 16.1 Å². The van der Waals surface area contributed by atoms with Crippen LogP contribution in [-0.4, -0.2) is 47.4 Å². The topological polar surface area (TPSA) is 74.7 Å². The van der Waals surface area contributed by atoms with Crippen molar-refractivity contribution in [3.8, 4) is 0 Å². The van der Waals surface area contributed by atoms with Gasteiger partial charge in [0.2, 0.25) is 10.0 Å². The number of rotatable bonds is 3. The fourth-order valence-corrected chi connectivity index (χ4v) is 5.45. The molecule has 0 saturated carbocycles. The lowest BCUT2D eigenvalue weighted by molar-refractivity contribution is 0.0692. The van der Waals surface area contributed by atoms with Gasteiger partial charge >= 0.3 is 5.97 Å². The lowest BCUT2D eigenvalue weighted by Crippen LogP contribution is -2.48. The van der Waals surface area contributed by atoms with Crippen molar-refractivity contribution in [3.63, 3.8) is 0 Å². The molecule has 1 aliphatic heterocycles. The first-order valence-corrected chi connectivity index (χ1v) is 8.90. The Labute approximate surface area is 127 Å². The SMILES string of the molecule is CC1SCCN(S(=O)(=O)c2cc(F)ccc2C(=O)O)C1C. The minimum absolute atomic E-state index is 0.0929. The van der Waals surface area contributed by atoms with E-state index in [9.17, 15) is 17.6 Å². The van der Waals surface area contributed by atoms with Gasteiger partial charge in [-0.3, -0.25) is 0 Å². The van der Waals surface area contributed by atoms with Gasteiger partial charge in [0.25, 0.3) is 0 Å². The van der Waals surface area contributed by atoms with Crippen molar-refractivity contribution in [1.82, 2.24) is 4.31 Å². The van der Waals surface area contributed by atoms with Crippen LogP contribution in [0.2, 0.25) is 0 Å². The van der Waals surface area contributed by atoms with Crippen LogP contribution in [0.3, 0.4) is 0 Å². The fourth-order valence-electron chi connectivity index (χ4n) is 2.26. The Kier molecular flexibility index (Phi) is 4.60. The highest BCUT2D eigenvalue weighted by Crippen LogP contribution is 2.30. The molecule has 1 heterocycles. The van der Waals surface area contributed by atoms with Crippen LogP contribution in [-0.2, 0) is 10.0 Å². The van der Waals surface area contributed by atoms with E-state index in [-0.39, 0.29) is 17.8 Å². The Hall–Kier alpha value is -1.12. The summed E-state index contributed by atoms with van der Waals surface area (Å²) in [6.45, 7) is 3.98. The van der Waals surface area contributed by atoms with E-state index in [1.54, 1.807) is 18.7 Å². The van der Waals surface area contributed by atoms with E-state index in [1.807, 2.05) is 6.92 Å². The second kappa shape index (κ2) is 5.94. The zero-order chi connectivity index (χ0) is 15.8. The maximum absolute atomic E-state index is 13.4. The van der Waals surface area contributed by atoms with Gasteiger partial charge in [-0.15, -0.1) is 0 Å². The molecule has 0 bridgehead atoms. The third kappa shape index (κ3) is 3.07. The molecule has 2 atom stereocenters. The summed E-state index contributed by atoms with van der Waals surface area (Å²) in [6, 6.07) is 2.43. The van der Waals surface area contributed by atoms with Gasteiger partial charge in [-0.1, -0.05) is 6.92 Å². The van der Waals surface area contributed by atoms with E-state index >= 15 is 0 Å². The van der Waals surface area contributed by atoms with Crippen molar-refractivity contribution < 1.29 is 22.7 Å². The van der Waals surface area contributed by atoms with Gasteiger partial charge in [0.05, 0.1) is 10.5 Å². The number of hydrogen-bond donors (Lipinski definition) is 1. The van der Waals surface area contributed by atoms with Crippen molar-refractivity contribution in [1.29, 1.82) is 0 Å². The van der Waals surface area contributed by atoms with Gasteiger partial charge in [0, 0.05) is 23.6 Å². The Morgan fingerprint density at radius 1 is 1.43 bits per heavy atom. The predicted molar refractivity (Wildman–Crippen MR) is 78.6 cm³/mol. The molecule has 0 spiro atoms. The highest BCUT2D eigenvalue weighted by molar-refractivity contribution is 8.00. The molecule has 1 saturated heterocycles. The van der Waals surface area contributed by atoms with Gasteiger partial charge in [0.15, 0.2) is 0 Å². The first-order chi connectivity index (χ1) is 9.75. The highest BCUT2D eigenvalue weighted by atomic mass is 32.2. The first kappa shape index (κ1) is 16.3. The Balaban J connectivity index is 2.53. The molecule has 0 aromatic heterocycles. The van der Waals surface area contributed by atoms with E-state index < -0.39 is 32.3 Å². The number of carboxylic acids is 1. The average Bonchev–Trinajstić information content (AvgIpc) is 2.41. The van der Waals surface area contributed by atoms with Crippen molar-refractivity contribution in [2.24, 2.45) is 0 Å². The minimum Gasteiger partial charge on any atom is -0.478 e. The van der Waals surface area contributed by atoms with E-state index in [4.69, 9.17) is 5.11 Å². The second-order valence-corrected chi connectivity index (χ2v) is 8.22. The number of aromatic carboxylic acids is 1. The number of thioether (sulfide) groups is 1. The summed E-state index contributed by atoms with van der Waals surface area (Å²) >= 11 is 1.66. The molecule has 21 heavy (non-hydrogen) atoms. The molecule has 116 valence electrons. The first-order valence-electron chi connectivity index (χ1n) is 6.41.